The predicted octanol–water partition coefficient (Wildman–Crippen LogP) is 2.80. The van der Waals surface area contributed by atoms with Crippen molar-refractivity contribution in [2.24, 2.45) is 0 Å². The number of rotatable bonds is 2. The van der Waals surface area contributed by atoms with E-state index in [1.165, 1.54) is 19.2 Å². The summed E-state index contributed by atoms with van der Waals surface area (Å²) in [4.78, 5) is 0. The minimum Gasteiger partial charge on any atom is -0.362 e. The lowest BCUT2D eigenvalue weighted by Gasteiger charge is -2.08. The third-order valence-corrected chi connectivity index (χ3v) is 2.09. The number of hydrogen-bond acceptors (Lipinski definition) is 2. The van der Waals surface area contributed by atoms with E-state index in [-0.39, 0.29) is 5.56 Å². The van der Waals surface area contributed by atoms with Crippen molar-refractivity contribution in [2.45, 2.75) is 6.10 Å². The highest BCUT2D eigenvalue weighted by atomic mass is 79.9. The Morgan fingerprint density at radius 3 is 2.85 bits per heavy atom. The number of ether oxygens (including phenoxy) is 1. The zero-order valence-corrected chi connectivity index (χ0v) is 8.51. The van der Waals surface area contributed by atoms with Gasteiger partial charge in [0.2, 0.25) is 0 Å². The second-order valence-electron chi connectivity index (χ2n) is 2.41. The van der Waals surface area contributed by atoms with Crippen LogP contribution in [-0.4, -0.2) is 7.11 Å². The van der Waals surface area contributed by atoms with Gasteiger partial charge in [-0.3, -0.25) is 0 Å². The minimum absolute atomic E-state index is 0.249. The first-order valence-electron chi connectivity index (χ1n) is 3.56. The molecule has 0 heterocycles. The predicted molar refractivity (Wildman–Crippen MR) is 49.5 cm³/mol. The number of halogens is 2. The highest BCUT2D eigenvalue weighted by Gasteiger charge is 2.14. The van der Waals surface area contributed by atoms with Crippen LogP contribution in [-0.2, 0) is 4.74 Å². The lowest BCUT2D eigenvalue weighted by molar-refractivity contribution is 0.145. The number of benzene rings is 1. The summed E-state index contributed by atoms with van der Waals surface area (Å²) in [5.74, 6) is -0.434. The van der Waals surface area contributed by atoms with E-state index >= 15 is 0 Å². The van der Waals surface area contributed by atoms with Crippen molar-refractivity contribution in [2.75, 3.05) is 7.11 Å². The molecule has 1 unspecified atom stereocenters. The molecule has 0 saturated heterocycles. The minimum atomic E-state index is -0.850. The van der Waals surface area contributed by atoms with Crippen LogP contribution in [0.4, 0.5) is 4.39 Å². The molecule has 1 aromatic carbocycles. The molecule has 68 valence electrons. The molecule has 1 atom stereocenters. The molecule has 4 heteroatoms. The summed E-state index contributed by atoms with van der Waals surface area (Å²) in [6, 6.07) is 6.25. The Labute approximate surface area is 84.1 Å². The van der Waals surface area contributed by atoms with Gasteiger partial charge in [0.1, 0.15) is 5.82 Å². The SMILES string of the molecule is COC(C#N)c1cc(Br)ccc1F. The summed E-state index contributed by atoms with van der Waals surface area (Å²) < 4.78 is 18.7. The van der Waals surface area contributed by atoms with Crippen LogP contribution in [0.1, 0.15) is 11.7 Å². The van der Waals surface area contributed by atoms with Crippen LogP contribution in [0.25, 0.3) is 0 Å². The highest BCUT2D eigenvalue weighted by Crippen LogP contribution is 2.23. The Morgan fingerprint density at radius 2 is 2.31 bits per heavy atom. The molecule has 0 spiro atoms. The average Bonchev–Trinajstić information content (AvgIpc) is 2.13. The van der Waals surface area contributed by atoms with Crippen molar-refractivity contribution < 1.29 is 9.13 Å². The third-order valence-electron chi connectivity index (χ3n) is 1.59. The standard InChI is InChI=1S/C9H7BrFNO/c1-13-9(5-12)7-4-6(10)2-3-8(7)11/h2-4,9H,1H3. The van der Waals surface area contributed by atoms with Crippen molar-refractivity contribution in [3.05, 3.63) is 34.1 Å². The van der Waals surface area contributed by atoms with Gasteiger partial charge in [0.25, 0.3) is 0 Å². The van der Waals surface area contributed by atoms with Crippen LogP contribution in [0, 0.1) is 17.1 Å². The van der Waals surface area contributed by atoms with Gasteiger partial charge in [0, 0.05) is 17.1 Å². The largest absolute Gasteiger partial charge is 0.362 e. The molecule has 1 rings (SSSR count). The van der Waals surface area contributed by atoms with Crippen molar-refractivity contribution >= 4 is 15.9 Å². The monoisotopic (exact) mass is 243 g/mol. The van der Waals surface area contributed by atoms with E-state index < -0.39 is 11.9 Å². The van der Waals surface area contributed by atoms with Crippen molar-refractivity contribution in [3.8, 4) is 6.07 Å². The van der Waals surface area contributed by atoms with E-state index in [1.54, 1.807) is 6.07 Å². The quantitative estimate of drug-likeness (QED) is 0.801. The molecule has 0 aliphatic heterocycles. The van der Waals surface area contributed by atoms with E-state index in [9.17, 15) is 4.39 Å². The lowest BCUT2D eigenvalue weighted by atomic mass is 10.1. The Morgan fingerprint density at radius 1 is 1.62 bits per heavy atom. The van der Waals surface area contributed by atoms with Gasteiger partial charge in [-0.1, -0.05) is 15.9 Å². The van der Waals surface area contributed by atoms with Gasteiger partial charge >= 0.3 is 0 Å². The average molecular weight is 244 g/mol. The fourth-order valence-electron chi connectivity index (χ4n) is 0.965. The molecule has 0 aromatic heterocycles. The Balaban J connectivity index is 3.13. The molecule has 0 bridgehead atoms. The van der Waals surface area contributed by atoms with E-state index in [4.69, 9.17) is 10.00 Å². The third kappa shape index (κ3) is 2.27. The summed E-state index contributed by atoms with van der Waals surface area (Å²) in [6.07, 6.45) is -0.850. The van der Waals surface area contributed by atoms with Crippen molar-refractivity contribution in [1.82, 2.24) is 0 Å². The van der Waals surface area contributed by atoms with Crippen LogP contribution in [0.2, 0.25) is 0 Å². The number of nitrogens with zero attached hydrogens (tertiary/aromatic N) is 1. The molecule has 0 N–H and O–H groups in total. The zero-order chi connectivity index (χ0) is 9.84. The second kappa shape index (κ2) is 4.35. The van der Waals surface area contributed by atoms with Gasteiger partial charge in [-0.2, -0.15) is 5.26 Å². The van der Waals surface area contributed by atoms with Crippen LogP contribution < -0.4 is 0 Å². The summed E-state index contributed by atoms with van der Waals surface area (Å²) in [6.45, 7) is 0. The summed E-state index contributed by atoms with van der Waals surface area (Å²) in [5, 5.41) is 8.64. The van der Waals surface area contributed by atoms with Crippen LogP contribution in [0.5, 0.6) is 0 Å². The maximum atomic E-state index is 13.1. The molecule has 1 aromatic rings. The number of nitriles is 1. The summed E-state index contributed by atoms with van der Waals surface area (Å²) >= 11 is 3.19. The smallest absolute Gasteiger partial charge is 0.171 e. The van der Waals surface area contributed by atoms with E-state index in [1.807, 2.05) is 6.07 Å². The molecule has 0 amide bonds. The first-order valence-corrected chi connectivity index (χ1v) is 4.35. The maximum Gasteiger partial charge on any atom is 0.171 e. The molecule has 0 fully saturated rings. The van der Waals surface area contributed by atoms with Gasteiger partial charge in [-0.05, 0) is 18.2 Å². The topological polar surface area (TPSA) is 33.0 Å². The molecule has 0 aliphatic rings. The van der Waals surface area contributed by atoms with Crippen LogP contribution in [0.15, 0.2) is 22.7 Å². The normalized spacial score (nSPS) is 12.2. The summed E-state index contributed by atoms with van der Waals surface area (Å²) in [5.41, 5.74) is 0.249. The first kappa shape index (κ1) is 10.2. The van der Waals surface area contributed by atoms with Crippen molar-refractivity contribution in [3.63, 3.8) is 0 Å². The van der Waals surface area contributed by atoms with E-state index in [0.29, 0.717) is 0 Å². The van der Waals surface area contributed by atoms with E-state index in [2.05, 4.69) is 15.9 Å². The first-order chi connectivity index (χ1) is 6.19. The molecule has 0 saturated carbocycles. The van der Waals surface area contributed by atoms with Gasteiger partial charge < -0.3 is 4.74 Å². The second-order valence-corrected chi connectivity index (χ2v) is 3.33. The molecular weight excluding hydrogens is 237 g/mol. The highest BCUT2D eigenvalue weighted by molar-refractivity contribution is 9.10. The number of methoxy groups -OCH3 is 1. The Kier molecular flexibility index (Phi) is 3.40. The number of hydrogen-bond donors (Lipinski definition) is 0. The molecule has 0 radical (unpaired) electrons. The molecule has 0 aliphatic carbocycles. The summed E-state index contributed by atoms with van der Waals surface area (Å²) in [7, 11) is 1.37. The fourth-order valence-corrected chi connectivity index (χ4v) is 1.34. The van der Waals surface area contributed by atoms with Gasteiger partial charge in [-0.15, -0.1) is 0 Å². The Bertz CT molecular complexity index is 348. The lowest BCUT2D eigenvalue weighted by Crippen LogP contribution is -2.01. The van der Waals surface area contributed by atoms with Crippen LogP contribution >= 0.6 is 15.9 Å². The Hall–Kier alpha value is -0.920. The van der Waals surface area contributed by atoms with Gasteiger partial charge in [0.05, 0.1) is 6.07 Å². The molecule has 2 nitrogen and oxygen atoms in total. The van der Waals surface area contributed by atoms with E-state index in [0.717, 1.165) is 4.47 Å². The van der Waals surface area contributed by atoms with Gasteiger partial charge in [-0.25, -0.2) is 4.39 Å². The van der Waals surface area contributed by atoms with Gasteiger partial charge in [0.15, 0.2) is 6.10 Å². The van der Waals surface area contributed by atoms with Crippen LogP contribution in [0.3, 0.4) is 0 Å². The maximum absolute atomic E-state index is 13.1. The van der Waals surface area contributed by atoms with Crippen molar-refractivity contribution in [1.29, 1.82) is 5.26 Å². The molecule has 13 heavy (non-hydrogen) atoms. The molecular formula is C9H7BrFNO. The zero-order valence-electron chi connectivity index (χ0n) is 6.92. The fraction of sp³-hybridized carbons (Fsp3) is 0.222.